The average Bonchev–Trinajstić information content (AvgIpc) is 2.55. The molecule has 0 saturated heterocycles. The molecule has 0 atom stereocenters. The molecule has 1 aromatic carbocycles. The average molecular weight is 337 g/mol. The predicted octanol–water partition coefficient (Wildman–Crippen LogP) is 3.42. The maximum Gasteiger partial charge on any atom is 0.338 e. The van der Waals surface area contributed by atoms with Crippen LogP contribution >= 0.6 is 0 Å². The Kier molecular flexibility index (Phi) is 5.67. The topological polar surface area (TPSA) is 125 Å². The van der Waals surface area contributed by atoms with E-state index in [0.717, 1.165) is 44.2 Å². The first-order valence-electron chi connectivity index (χ1n) is 7.84. The zero-order chi connectivity index (χ0) is 17.7. The fourth-order valence-corrected chi connectivity index (χ4v) is 2.83. The highest BCUT2D eigenvalue weighted by Gasteiger charge is 2.30. The SMILES string of the molecule is CCOC(=O)c1cc([N+](=O)[O-])c(NC2CCCCC2)c([N+](=O)[O-])c1. The lowest BCUT2D eigenvalue weighted by Gasteiger charge is -2.23. The van der Waals surface area contributed by atoms with Gasteiger partial charge >= 0.3 is 5.97 Å². The summed E-state index contributed by atoms with van der Waals surface area (Å²) in [5.74, 6) is -0.826. The van der Waals surface area contributed by atoms with E-state index in [1.54, 1.807) is 6.92 Å². The molecule has 0 radical (unpaired) electrons. The summed E-state index contributed by atoms with van der Waals surface area (Å²) < 4.78 is 4.78. The summed E-state index contributed by atoms with van der Waals surface area (Å²) in [5, 5.41) is 25.7. The number of nitro benzene ring substituents is 2. The Balaban J connectivity index is 2.47. The molecule has 0 aliphatic heterocycles. The molecule has 0 unspecified atom stereocenters. The van der Waals surface area contributed by atoms with Gasteiger partial charge in [-0.05, 0) is 19.8 Å². The molecule has 24 heavy (non-hydrogen) atoms. The first kappa shape index (κ1) is 17.6. The number of anilines is 1. The van der Waals surface area contributed by atoms with E-state index in [1.807, 2.05) is 0 Å². The van der Waals surface area contributed by atoms with E-state index in [2.05, 4.69) is 5.32 Å². The number of esters is 1. The normalized spacial score (nSPS) is 14.9. The maximum absolute atomic E-state index is 11.8. The van der Waals surface area contributed by atoms with Crippen LogP contribution in [0.15, 0.2) is 12.1 Å². The molecule has 9 heteroatoms. The van der Waals surface area contributed by atoms with E-state index >= 15 is 0 Å². The second-order valence-electron chi connectivity index (χ2n) is 5.60. The third-order valence-corrected chi connectivity index (χ3v) is 3.95. The first-order chi connectivity index (χ1) is 11.4. The predicted molar refractivity (Wildman–Crippen MR) is 86.2 cm³/mol. The van der Waals surface area contributed by atoms with Gasteiger partial charge in [-0.1, -0.05) is 19.3 Å². The van der Waals surface area contributed by atoms with Gasteiger partial charge in [-0.3, -0.25) is 20.2 Å². The Morgan fingerprint density at radius 3 is 2.17 bits per heavy atom. The van der Waals surface area contributed by atoms with Crippen LogP contribution in [0.25, 0.3) is 0 Å². The molecule has 1 N–H and O–H groups in total. The second kappa shape index (κ2) is 7.71. The molecule has 0 heterocycles. The molecule has 9 nitrogen and oxygen atoms in total. The van der Waals surface area contributed by atoms with Crippen LogP contribution in [0.1, 0.15) is 49.4 Å². The van der Waals surface area contributed by atoms with Crippen LogP contribution in [0.4, 0.5) is 17.1 Å². The fourth-order valence-electron chi connectivity index (χ4n) is 2.83. The molecular formula is C15H19N3O6. The van der Waals surface area contributed by atoms with Crippen molar-refractivity contribution in [2.24, 2.45) is 0 Å². The van der Waals surface area contributed by atoms with Gasteiger partial charge in [0.15, 0.2) is 5.69 Å². The Bertz CT molecular complexity index is 620. The molecule has 1 saturated carbocycles. The number of rotatable bonds is 6. The number of carbonyl (C=O) groups is 1. The van der Waals surface area contributed by atoms with Gasteiger partial charge in [-0.15, -0.1) is 0 Å². The summed E-state index contributed by atoms with van der Waals surface area (Å²) >= 11 is 0. The third-order valence-electron chi connectivity index (χ3n) is 3.95. The van der Waals surface area contributed by atoms with Gasteiger partial charge in [0.25, 0.3) is 11.4 Å². The van der Waals surface area contributed by atoms with Crippen LogP contribution in [0, 0.1) is 20.2 Å². The number of nitrogens with zero attached hydrogens (tertiary/aromatic N) is 2. The molecule has 0 aromatic heterocycles. The van der Waals surface area contributed by atoms with Crippen LogP contribution < -0.4 is 5.32 Å². The number of carbonyl (C=O) groups excluding carboxylic acids is 1. The summed E-state index contributed by atoms with van der Waals surface area (Å²) in [6.45, 7) is 1.65. The number of ether oxygens (including phenoxy) is 1. The number of nitrogens with one attached hydrogen (secondary N) is 1. The Morgan fingerprint density at radius 2 is 1.71 bits per heavy atom. The van der Waals surface area contributed by atoms with Crippen LogP contribution in [-0.4, -0.2) is 28.5 Å². The van der Waals surface area contributed by atoms with E-state index < -0.39 is 27.2 Å². The molecule has 2 rings (SSSR count). The minimum Gasteiger partial charge on any atom is -0.462 e. The van der Waals surface area contributed by atoms with Crippen LogP contribution in [0.2, 0.25) is 0 Å². The number of benzene rings is 1. The standard InChI is InChI=1S/C15H19N3O6/c1-2-24-15(19)10-8-12(17(20)21)14(13(9-10)18(22)23)16-11-6-4-3-5-7-11/h8-9,11,16H,2-7H2,1H3. The molecule has 1 aliphatic carbocycles. The number of nitro groups is 2. The zero-order valence-electron chi connectivity index (χ0n) is 13.3. The fraction of sp³-hybridized carbons (Fsp3) is 0.533. The molecule has 0 bridgehead atoms. The minimum atomic E-state index is -0.826. The van der Waals surface area contributed by atoms with Gasteiger partial charge in [0.2, 0.25) is 0 Å². The number of hydrogen-bond acceptors (Lipinski definition) is 7. The molecule has 1 aromatic rings. The molecule has 0 spiro atoms. The molecule has 130 valence electrons. The van der Waals surface area contributed by atoms with Crippen LogP contribution in [0.3, 0.4) is 0 Å². The van der Waals surface area contributed by atoms with Gasteiger partial charge in [0.05, 0.1) is 22.0 Å². The number of hydrogen-bond donors (Lipinski definition) is 1. The summed E-state index contributed by atoms with van der Waals surface area (Å²) in [4.78, 5) is 33.1. The van der Waals surface area contributed by atoms with Crippen LogP contribution in [0.5, 0.6) is 0 Å². The molecular weight excluding hydrogens is 318 g/mol. The van der Waals surface area contributed by atoms with Crippen molar-refractivity contribution in [1.29, 1.82) is 0 Å². The Labute approximate surface area is 138 Å². The lowest BCUT2D eigenvalue weighted by atomic mass is 9.95. The minimum absolute atomic E-state index is 0.0513. The van der Waals surface area contributed by atoms with Gasteiger partial charge in [0.1, 0.15) is 0 Å². The Hall–Kier alpha value is -2.71. The van der Waals surface area contributed by atoms with Crippen molar-refractivity contribution in [3.63, 3.8) is 0 Å². The van der Waals surface area contributed by atoms with E-state index in [-0.39, 0.29) is 23.9 Å². The van der Waals surface area contributed by atoms with Crippen molar-refractivity contribution in [2.45, 2.75) is 45.1 Å². The van der Waals surface area contributed by atoms with E-state index in [4.69, 9.17) is 4.74 Å². The smallest absolute Gasteiger partial charge is 0.338 e. The van der Waals surface area contributed by atoms with Crippen molar-refractivity contribution in [3.8, 4) is 0 Å². The van der Waals surface area contributed by atoms with Crippen molar-refractivity contribution in [1.82, 2.24) is 0 Å². The van der Waals surface area contributed by atoms with Gasteiger partial charge in [-0.2, -0.15) is 0 Å². The monoisotopic (exact) mass is 337 g/mol. The van der Waals surface area contributed by atoms with E-state index in [0.29, 0.717) is 0 Å². The zero-order valence-corrected chi connectivity index (χ0v) is 13.3. The van der Waals surface area contributed by atoms with Crippen molar-refractivity contribution in [2.75, 3.05) is 11.9 Å². The Morgan fingerprint density at radius 1 is 1.17 bits per heavy atom. The maximum atomic E-state index is 11.8. The molecule has 1 fully saturated rings. The lowest BCUT2D eigenvalue weighted by molar-refractivity contribution is -0.392. The highest BCUT2D eigenvalue weighted by atomic mass is 16.6. The van der Waals surface area contributed by atoms with Gasteiger partial charge in [0, 0.05) is 18.2 Å². The first-order valence-corrected chi connectivity index (χ1v) is 7.84. The van der Waals surface area contributed by atoms with Crippen LogP contribution in [-0.2, 0) is 4.74 Å². The van der Waals surface area contributed by atoms with Crippen molar-refractivity contribution < 1.29 is 19.4 Å². The van der Waals surface area contributed by atoms with E-state index in [1.165, 1.54) is 0 Å². The summed E-state index contributed by atoms with van der Waals surface area (Å²) in [7, 11) is 0. The van der Waals surface area contributed by atoms with E-state index in [9.17, 15) is 25.0 Å². The highest BCUT2D eigenvalue weighted by molar-refractivity contribution is 5.93. The largest absolute Gasteiger partial charge is 0.462 e. The lowest BCUT2D eigenvalue weighted by Crippen LogP contribution is -2.23. The summed E-state index contributed by atoms with van der Waals surface area (Å²) in [6, 6.07) is 2.00. The summed E-state index contributed by atoms with van der Waals surface area (Å²) in [5.41, 5.74) is -1.33. The van der Waals surface area contributed by atoms with Gasteiger partial charge < -0.3 is 10.1 Å². The summed E-state index contributed by atoms with van der Waals surface area (Å²) in [6.07, 6.45) is 4.63. The molecule has 1 aliphatic rings. The van der Waals surface area contributed by atoms with Crippen molar-refractivity contribution >= 4 is 23.0 Å². The third kappa shape index (κ3) is 3.98. The van der Waals surface area contributed by atoms with Crippen molar-refractivity contribution in [3.05, 3.63) is 37.9 Å². The second-order valence-corrected chi connectivity index (χ2v) is 5.60. The highest BCUT2D eigenvalue weighted by Crippen LogP contribution is 2.37. The molecule has 0 amide bonds. The van der Waals surface area contributed by atoms with Gasteiger partial charge in [-0.25, -0.2) is 4.79 Å². The quantitative estimate of drug-likeness (QED) is 0.479.